The van der Waals surface area contributed by atoms with Crippen molar-refractivity contribution in [2.75, 3.05) is 6.54 Å². The summed E-state index contributed by atoms with van der Waals surface area (Å²) in [6.45, 7) is 0.806. The van der Waals surface area contributed by atoms with Crippen LogP contribution in [-0.4, -0.2) is 27.8 Å². The predicted octanol–water partition coefficient (Wildman–Crippen LogP) is 0.522. The molecule has 3 N–H and O–H groups in total. The van der Waals surface area contributed by atoms with Gasteiger partial charge in [-0.15, -0.1) is 17.5 Å². The molecule has 1 unspecified atom stereocenters. The SMILES string of the molecule is Cl.N=C(N)N1CCCC1c1cnno1. The van der Waals surface area contributed by atoms with Gasteiger partial charge in [-0.25, -0.2) is 0 Å². The fraction of sp³-hybridized carbons (Fsp3) is 0.571. The van der Waals surface area contributed by atoms with Gasteiger partial charge in [-0.1, -0.05) is 0 Å². The highest BCUT2D eigenvalue weighted by Crippen LogP contribution is 2.30. The average molecular weight is 218 g/mol. The van der Waals surface area contributed by atoms with Crippen LogP contribution in [0.2, 0.25) is 0 Å². The number of nitrogens with zero attached hydrogens (tertiary/aromatic N) is 3. The number of likely N-dealkylation sites (tertiary alicyclic amines) is 1. The van der Waals surface area contributed by atoms with E-state index in [1.165, 1.54) is 0 Å². The molecule has 2 rings (SSSR count). The topological polar surface area (TPSA) is 92.0 Å². The van der Waals surface area contributed by atoms with Crippen molar-refractivity contribution in [3.8, 4) is 0 Å². The van der Waals surface area contributed by atoms with E-state index < -0.39 is 0 Å². The zero-order valence-corrected chi connectivity index (χ0v) is 8.33. The quantitative estimate of drug-likeness (QED) is 0.529. The van der Waals surface area contributed by atoms with Crippen LogP contribution < -0.4 is 5.73 Å². The fourth-order valence-corrected chi connectivity index (χ4v) is 1.67. The number of rotatable bonds is 1. The number of hydrogen-bond donors (Lipinski definition) is 2. The highest BCUT2D eigenvalue weighted by atomic mass is 35.5. The van der Waals surface area contributed by atoms with E-state index in [4.69, 9.17) is 15.7 Å². The molecular formula is C7H12ClN5O. The Morgan fingerprint density at radius 2 is 2.50 bits per heavy atom. The zero-order valence-electron chi connectivity index (χ0n) is 7.51. The first-order valence-corrected chi connectivity index (χ1v) is 4.17. The van der Waals surface area contributed by atoms with Crippen LogP contribution in [0.1, 0.15) is 24.6 Å². The lowest BCUT2D eigenvalue weighted by molar-refractivity contribution is 0.284. The highest BCUT2D eigenvalue weighted by molar-refractivity contribution is 5.85. The first kappa shape index (κ1) is 10.8. The monoisotopic (exact) mass is 217 g/mol. The van der Waals surface area contributed by atoms with Gasteiger partial charge in [-0.2, -0.15) is 0 Å². The van der Waals surface area contributed by atoms with Crippen LogP contribution >= 0.6 is 12.4 Å². The molecule has 0 aromatic carbocycles. The van der Waals surface area contributed by atoms with Crippen molar-refractivity contribution >= 4 is 18.4 Å². The van der Waals surface area contributed by atoms with Crippen LogP contribution in [0.15, 0.2) is 10.7 Å². The van der Waals surface area contributed by atoms with E-state index in [2.05, 4.69) is 10.4 Å². The Kier molecular flexibility index (Phi) is 3.29. The standard InChI is InChI=1S/C7H11N5O.ClH/c8-7(9)12-3-1-2-5(12)6-4-10-11-13-6;/h4-5H,1-3H2,(H3,8,9);1H. The van der Waals surface area contributed by atoms with Crippen LogP contribution in [0.3, 0.4) is 0 Å². The summed E-state index contributed by atoms with van der Waals surface area (Å²) in [4.78, 5) is 1.79. The molecule has 14 heavy (non-hydrogen) atoms. The molecule has 0 radical (unpaired) electrons. The summed E-state index contributed by atoms with van der Waals surface area (Å²) < 4.78 is 4.94. The second kappa shape index (κ2) is 4.28. The summed E-state index contributed by atoms with van der Waals surface area (Å²) in [6.07, 6.45) is 3.54. The van der Waals surface area contributed by atoms with Crippen molar-refractivity contribution in [3.63, 3.8) is 0 Å². The molecule has 1 aromatic rings. The minimum atomic E-state index is 0. The Hall–Kier alpha value is -1.30. The van der Waals surface area contributed by atoms with Crippen LogP contribution in [-0.2, 0) is 0 Å². The number of guanidine groups is 1. The second-order valence-electron chi connectivity index (χ2n) is 3.06. The molecule has 1 aromatic heterocycles. The molecule has 2 heterocycles. The molecule has 0 bridgehead atoms. The Bertz CT molecular complexity index is 301. The largest absolute Gasteiger partial charge is 0.370 e. The zero-order chi connectivity index (χ0) is 9.26. The van der Waals surface area contributed by atoms with Crippen molar-refractivity contribution in [2.45, 2.75) is 18.9 Å². The van der Waals surface area contributed by atoms with Gasteiger partial charge in [0.15, 0.2) is 11.7 Å². The lowest BCUT2D eigenvalue weighted by Crippen LogP contribution is -2.35. The van der Waals surface area contributed by atoms with Gasteiger partial charge in [-0.05, 0) is 12.8 Å². The average Bonchev–Trinajstić information content (AvgIpc) is 2.74. The summed E-state index contributed by atoms with van der Waals surface area (Å²) in [5.41, 5.74) is 5.42. The number of halogens is 1. The third kappa shape index (κ3) is 1.79. The van der Waals surface area contributed by atoms with Gasteiger partial charge in [0.25, 0.3) is 0 Å². The van der Waals surface area contributed by atoms with Gasteiger partial charge in [0.1, 0.15) is 0 Å². The maximum Gasteiger partial charge on any atom is 0.189 e. The van der Waals surface area contributed by atoms with Crippen molar-refractivity contribution in [3.05, 3.63) is 12.0 Å². The second-order valence-corrected chi connectivity index (χ2v) is 3.06. The van der Waals surface area contributed by atoms with E-state index in [1.807, 2.05) is 0 Å². The maximum absolute atomic E-state index is 7.35. The van der Waals surface area contributed by atoms with E-state index in [-0.39, 0.29) is 24.4 Å². The molecule has 1 aliphatic rings. The van der Waals surface area contributed by atoms with Crippen LogP contribution in [0, 0.1) is 5.41 Å². The summed E-state index contributed by atoms with van der Waals surface area (Å²) >= 11 is 0. The molecule has 1 saturated heterocycles. The van der Waals surface area contributed by atoms with Gasteiger partial charge in [0, 0.05) is 11.8 Å². The lowest BCUT2D eigenvalue weighted by Gasteiger charge is -2.21. The molecule has 1 atom stereocenters. The van der Waals surface area contributed by atoms with Crippen molar-refractivity contribution in [1.29, 1.82) is 5.41 Å². The van der Waals surface area contributed by atoms with Crippen LogP contribution in [0.25, 0.3) is 0 Å². The van der Waals surface area contributed by atoms with Gasteiger partial charge in [-0.3, -0.25) is 5.41 Å². The van der Waals surface area contributed by atoms with Crippen LogP contribution in [0.4, 0.5) is 0 Å². The van der Waals surface area contributed by atoms with Gasteiger partial charge >= 0.3 is 0 Å². The van der Waals surface area contributed by atoms with E-state index >= 15 is 0 Å². The van der Waals surface area contributed by atoms with Gasteiger partial charge in [0.05, 0.1) is 12.2 Å². The van der Waals surface area contributed by atoms with E-state index in [0.29, 0.717) is 5.76 Å². The van der Waals surface area contributed by atoms with Crippen LogP contribution in [0.5, 0.6) is 0 Å². The molecule has 1 fully saturated rings. The molecule has 78 valence electrons. The molecule has 0 aliphatic carbocycles. The van der Waals surface area contributed by atoms with Crippen molar-refractivity contribution in [1.82, 2.24) is 15.3 Å². The summed E-state index contributed by atoms with van der Waals surface area (Å²) in [7, 11) is 0. The smallest absolute Gasteiger partial charge is 0.189 e. The maximum atomic E-state index is 7.35. The minimum absolute atomic E-state index is 0. The Balaban J connectivity index is 0.000000980. The third-order valence-electron chi connectivity index (χ3n) is 2.27. The molecule has 1 aliphatic heterocycles. The van der Waals surface area contributed by atoms with Gasteiger partial charge in [0.2, 0.25) is 0 Å². The Morgan fingerprint density at radius 3 is 3.07 bits per heavy atom. The summed E-state index contributed by atoms with van der Waals surface area (Å²) in [6, 6.07) is 0.0486. The first-order valence-electron chi connectivity index (χ1n) is 4.17. The fourth-order valence-electron chi connectivity index (χ4n) is 1.67. The highest BCUT2D eigenvalue weighted by Gasteiger charge is 2.29. The minimum Gasteiger partial charge on any atom is -0.370 e. The molecule has 0 saturated carbocycles. The van der Waals surface area contributed by atoms with Crippen molar-refractivity contribution in [2.24, 2.45) is 5.73 Å². The normalized spacial score (nSPS) is 20.6. The van der Waals surface area contributed by atoms with Crippen molar-refractivity contribution < 1.29 is 4.52 Å². The van der Waals surface area contributed by atoms with E-state index in [0.717, 1.165) is 19.4 Å². The number of aromatic nitrogens is 2. The number of nitrogens with one attached hydrogen (secondary N) is 1. The molecule has 0 amide bonds. The molecule has 0 spiro atoms. The first-order chi connectivity index (χ1) is 6.29. The third-order valence-corrected chi connectivity index (χ3v) is 2.27. The van der Waals surface area contributed by atoms with E-state index in [9.17, 15) is 0 Å². The Morgan fingerprint density at radius 1 is 1.71 bits per heavy atom. The number of hydrogen-bond acceptors (Lipinski definition) is 4. The Labute approximate surface area is 87.3 Å². The molecule has 7 heteroatoms. The molecule has 6 nitrogen and oxygen atoms in total. The summed E-state index contributed by atoms with van der Waals surface area (Å²) in [5, 5.41) is 14.3. The molecular weight excluding hydrogens is 206 g/mol. The van der Waals surface area contributed by atoms with Gasteiger partial charge < -0.3 is 15.2 Å². The lowest BCUT2D eigenvalue weighted by atomic mass is 10.2. The number of nitrogens with two attached hydrogens (primary N) is 1. The van der Waals surface area contributed by atoms with E-state index in [1.54, 1.807) is 11.1 Å². The predicted molar refractivity (Wildman–Crippen MR) is 52.1 cm³/mol. The summed E-state index contributed by atoms with van der Waals surface area (Å²) in [5.74, 6) is 0.770.